The third kappa shape index (κ3) is 25.6. The van der Waals surface area contributed by atoms with Gasteiger partial charge in [0.1, 0.15) is 0 Å². The maximum Gasteiger partial charge on any atom is 0.243 e. The third-order valence-corrected chi connectivity index (χ3v) is 2.83. The molecule has 0 atom stereocenters. The first kappa shape index (κ1) is 26.2. The first-order valence-corrected chi connectivity index (χ1v) is 8.37. The molecular formula is C19H35NO3. The molecule has 0 aromatic heterocycles. The zero-order chi connectivity index (χ0) is 18.7. The molecule has 0 aromatic carbocycles. The first-order valence-electron chi connectivity index (χ1n) is 8.37. The average Bonchev–Trinajstić information content (AvgIpc) is 2.48. The molecular weight excluding hydrogens is 290 g/mol. The molecule has 0 aromatic rings. The number of Topliss-reactive ketones (excluding diaryl/α,β-unsaturated/α-hetero) is 1. The van der Waals surface area contributed by atoms with Gasteiger partial charge in [-0.1, -0.05) is 71.4 Å². The standard InChI is InChI=1S/C9H20.C7H9NO3.C3H6/c1-3-5-7-9-8-6-4-2;1-5(7(3)9)4-6(2)8(10)11;1-3-2/h3-9H2,1-2H3;4H,1H2,2-3H3;3H,1H2,2H3/b;6-4+;. The zero-order valence-corrected chi connectivity index (χ0v) is 15.7. The van der Waals surface area contributed by atoms with Crippen LogP contribution in [0.4, 0.5) is 0 Å². The van der Waals surface area contributed by atoms with Crippen molar-refractivity contribution in [2.45, 2.75) is 79.6 Å². The quantitative estimate of drug-likeness (QED) is 0.125. The normalized spacial score (nSPS) is 9.70. The summed E-state index contributed by atoms with van der Waals surface area (Å²) in [7, 11) is 0. The minimum absolute atomic E-state index is 0.0785. The van der Waals surface area contributed by atoms with Crippen LogP contribution < -0.4 is 0 Å². The van der Waals surface area contributed by atoms with Crippen LogP contribution in [-0.2, 0) is 4.79 Å². The van der Waals surface area contributed by atoms with Gasteiger partial charge >= 0.3 is 0 Å². The predicted octanol–water partition coefficient (Wildman–Crippen LogP) is 6.26. The predicted molar refractivity (Wildman–Crippen MR) is 100 cm³/mol. The van der Waals surface area contributed by atoms with Crippen LogP contribution in [0.15, 0.2) is 36.6 Å². The Bertz CT molecular complexity index is 365. The number of hydrogen-bond acceptors (Lipinski definition) is 3. The van der Waals surface area contributed by atoms with Crippen molar-refractivity contribution in [2.24, 2.45) is 0 Å². The summed E-state index contributed by atoms with van der Waals surface area (Å²) in [5.74, 6) is -0.258. The van der Waals surface area contributed by atoms with Gasteiger partial charge in [0.05, 0.1) is 4.92 Å². The number of carbonyl (C=O) groups excluding carboxylic acids is 1. The topological polar surface area (TPSA) is 60.2 Å². The third-order valence-electron chi connectivity index (χ3n) is 2.83. The van der Waals surface area contributed by atoms with Gasteiger partial charge in [0.15, 0.2) is 5.78 Å². The molecule has 23 heavy (non-hydrogen) atoms. The maximum absolute atomic E-state index is 10.5. The summed E-state index contributed by atoms with van der Waals surface area (Å²) >= 11 is 0. The molecule has 0 spiro atoms. The molecule has 0 aliphatic rings. The maximum atomic E-state index is 10.5. The Labute approximate surface area is 142 Å². The van der Waals surface area contributed by atoms with Gasteiger partial charge in [0.2, 0.25) is 5.70 Å². The zero-order valence-electron chi connectivity index (χ0n) is 15.7. The number of allylic oxidation sites excluding steroid dienone is 4. The molecule has 134 valence electrons. The molecule has 0 fully saturated rings. The molecule has 0 heterocycles. The number of nitro groups is 1. The minimum atomic E-state index is -0.561. The molecule has 4 heteroatoms. The van der Waals surface area contributed by atoms with Gasteiger partial charge in [0, 0.05) is 18.6 Å². The van der Waals surface area contributed by atoms with E-state index in [1.165, 1.54) is 58.8 Å². The van der Waals surface area contributed by atoms with E-state index in [9.17, 15) is 14.9 Å². The summed E-state index contributed by atoms with van der Waals surface area (Å²) in [6.07, 6.45) is 12.9. The highest BCUT2D eigenvalue weighted by Gasteiger charge is 2.04. The van der Waals surface area contributed by atoms with E-state index in [-0.39, 0.29) is 17.1 Å². The Morgan fingerprint density at radius 1 is 1.04 bits per heavy atom. The second kappa shape index (κ2) is 20.3. The Morgan fingerprint density at radius 3 is 1.65 bits per heavy atom. The average molecular weight is 325 g/mol. The lowest BCUT2D eigenvalue weighted by atomic mass is 10.1. The lowest BCUT2D eigenvalue weighted by Gasteiger charge is -1.96. The highest BCUT2D eigenvalue weighted by atomic mass is 16.6. The van der Waals surface area contributed by atoms with Gasteiger partial charge in [-0.05, 0) is 13.8 Å². The van der Waals surface area contributed by atoms with Crippen molar-refractivity contribution < 1.29 is 9.72 Å². The Kier molecular flexibility index (Phi) is 23.1. The molecule has 0 aliphatic heterocycles. The van der Waals surface area contributed by atoms with E-state index in [1.54, 1.807) is 6.08 Å². The molecule has 0 bridgehead atoms. The largest absolute Gasteiger partial charge is 0.295 e. The summed E-state index contributed by atoms with van der Waals surface area (Å²) in [5, 5.41) is 10.0. The van der Waals surface area contributed by atoms with Crippen molar-refractivity contribution in [3.05, 3.63) is 46.7 Å². The van der Waals surface area contributed by atoms with Gasteiger partial charge in [-0.3, -0.25) is 14.9 Å². The van der Waals surface area contributed by atoms with E-state index in [0.717, 1.165) is 6.08 Å². The fraction of sp³-hybridized carbons (Fsp3) is 0.632. The molecule has 0 aliphatic carbocycles. The number of carbonyl (C=O) groups is 1. The van der Waals surface area contributed by atoms with Crippen LogP contribution >= 0.6 is 0 Å². The Morgan fingerprint density at radius 2 is 1.39 bits per heavy atom. The second-order valence-corrected chi connectivity index (χ2v) is 5.30. The number of unbranched alkanes of at least 4 members (excludes halogenated alkanes) is 6. The lowest BCUT2D eigenvalue weighted by molar-refractivity contribution is -0.424. The molecule has 0 rings (SSSR count). The number of rotatable bonds is 9. The number of nitrogens with zero attached hydrogens (tertiary/aromatic N) is 1. The van der Waals surface area contributed by atoms with Gasteiger partial charge in [-0.2, -0.15) is 0 Å². The van der Waals surface area contributed by atoms with E-state index in [2.05, 4.69) is 27.0 Å². The molecule has 0 amide bonds. The fourth-order valence-electron chi connectivity index (χ4n) is 1.44. The van der Waals surface area contributed by atoms with E-state index in [4.69, 9.17) is 0 Å². The van der Waals surface area contributed by atoms with E-state index in [1.807, 2.05) is 6.92 Å². The van der Waals surface area contributed by atoms with Crippen molar-refractivity contribution in [1.29, 1.82) is 0 Å². The summed E-state index contributed by atoms with van der Waals surface area (Å²) in [4.78, 5) is 20.0. The molecule has 0 radical (unpaired) electrons. The van der Waals surface area contributed by atoms with Crippen LogP contribution in [0.3, 0.4) is 0 Å². The Hall–Kier alpha value is -1.71. The van der Waals surface area contributed by atoms with Gasteiger partial charge in [0.25, 0.3) is 0 Å². The van der Waals surface area contributed by atoms with Crippen LogP contribution in [0.2, 0.25) is 0 Å². The lowest BCUT2D eigenvalue weighted by Crippen LogP contribution is -1.97. The smallest absolute Gasteiger partial charge is 0.243 e. The first-order chi connectivity index (χ1) is 10.8. The van der Waals surface area contributed by atoms with Gasteiger partial charge in [-0.15, -0.1) is 6.58 Å². The summed E-state index contributed by atoms with van der Waals surface area (Å²) in [6.45, 7) is 15.7. The molecule has 0 N–H and O–H groups in total. The highest BCUT2D eigenvalue weighted by Crippen LogP contribution is 2.05. The minimum Gasteiger partial charge on any atom is -0.295 e. The number of ketones is 1. The van der Waals surface area contributed by atoms with Crippen LogP contribution in [0, 0.1) is 10.1 Å². The molecule has 0 unspecified atom stereocenters. The van der Waals surface area contributed by atoms with E-state index in [0.29, 0.717) is 0 Å². The fourth-order valence-corrected chi connectivity index (χ4v) is 1.44. The van der Waals surface area contributed by atoms with Gasteiger partial charge < -0.3 is 0 Å². The van der Waals surface area contributed by atoms with Crippen LogP contribution in [0.25, 0.3) is 0 Å². The van der Waals surface area contributed by atoms with Crippen LogP contribution in [0.1, 0.15) is 79.6 Å². The van der Waals surface area contributed by atoms with Crippen LogP contribution in [0.5, 0.6) is 0 Å². The monoisotopic (exact) mass is 325 g/mol. The van der Waals surface area contributed by atoms with Crippen LogP contribution in [-0.4, -0.2) is 10.7 Å². The molecule has 0 saturated carbocycles. The summed E-state index contributed by atoms with van der Waals surface area (Å²) in [5.41, 5.74) is 0.0735. The SMILES string of the molecule is C=C(/C=C(\C)[N+](=O)[O-])C(C)=O.C=CC.CCCCCCCCC. The second-order valence-electron chi connectivity index (χ2n) is 5.30. The molecule has 4 nitrogen and oxygen atoms in total. The van der Waals surface area contributed by atoms with E-state index >= 15 is 0 Å². The van der Waals surface area contributed by atoms with Crippen molar-refractivity contribution in [2.75, 3.05) is 0 Å². The Balaban J connectivity index is -0.000000301. The highest BCUT2D eigenvalue weighted by molar-refractivity contribution is 5.95. The molecule has 0 saturated heterocycles. The van der Waals surface area contributed by atoms with Crippen molar-refractivity contribution >= 4 is 5.78 Å². The van der Waals surface area contributed by atoms with Crippen molar-refractivity contribution in [3.8, 4) is 0 Å². The summed E-state index contributed by atoms with van der Waals surface area (Å²) < 4.78 is 0. The van der Waals surface area contributed by atoms with E-state index < -0.39 is 4.92 Å². The van der Waals surface area contributed by atoms with Gasteiger partial charge in [-0.25, -0.2) is 0 Å². The number of hydrogen-bond donors (Lipinski definition) is 0. The summed E-state index contributed by atoms with van der Waals surface area (Å²) in [6, 6.07) is 0. The van der Waals surface area contributed by atoms with Crippen molar-refractivity contribution in [3.63, 3.8) is 0 Å². The van der Waals surface area contributed by atoms with Crippen molar-refractivity contribution in [1.82, 2.24) is 0 Å².